The van der Waals surface area contributed by atoms with Gasteiger partial charge in [-0.1, -0.05) is 12.1 Å². The van der Waals surface area contributed by atoms with Crippen molar-refractivity contribution in [1.82, 2.24) is 9.55 Å². The first-order valence-corrected chi connectivity index (χ1v) is 6.71. The van der Waals surface area contributed by atoms with Crippen LogP contribution in [0.25, 0.3) is 0 Å². The van der Waals surface area contributed by atoms with Crippen LogP contribution in [0.2, 0.25) is 0 Å². The minimum atomic E-state index is -4.91. The van der Waals surface area contributed by atoms with E-state index in [1.165, 1.54) is 0 Å². The number of nitrogens with zero attached hydrogens (tertiary/aromatic N) is 3. The molecule has 134 valence electrons. The lowest BCUT2D eigenvalue weighted by Gasteiger charge is -2.22. The number of halogens is 3. The zero-order chi connectivity index (χ0) is 21.6. The quantitative estimate of drug-likeness (QED) is 0.599. The SMILES string of the molecule is [2H]C([2H])(O[C@@H]1COc2nc([N+](=O)[O-])cn2C1([2H])[2H])c1ccc(OC(F)(F)F)cc1. The monoisotopic (exact) mass is 363 g/mol. The highest BCUT2D eigenvalue weighted by Gasteiger charge is 2.31. The van der Waals surface area contributed by atoms with Gasteiger partial charge in [0.05, 0.1) is 18.5 Å². The number of benzene rings is 1. The van der Waals surface area contributed by atoms with Crippen molar-refractivity contribution in [2.75, 3.05) is 6.61 Å². The smallest absolute Gasteiger partial charge is 0.443 e. The average molecular weight is 363 g/mol. The van der Waals surface area contributed by atoms with Gasteiger partial charge in [-0.2, -0.15) is 0 Å². The molecule has 0 N–H and O–H groups in total. The molecule has 0 amide bonds. The van der Waals surface area contributed by atoms with Crippen molar-refractivity contribution in [3.63, 3.8) is 0 Å². The predicted octanol–water partition coefficient (Wildman–Crippen LogP) is 2.67. The van der Waals surface area contributed by atoms with Crippen LogP contribution in [0.5, 0.6) is 11.8 Å². The van der Waals surface area contributed by atoms with Gasteiger partial charge in [0.15, 0.2) is 0 Å². The molecule has 0 radical (unpaired) electrons. The van der Waals surface area contributed by atoms with Crippen molar-refractivity contribution in [1.29, 1.82) is 0 Å². The van der Waals surface area contributed by atoms with Crippen LogP contribution in [0.1, 0.15) is 11.0 Å². The Morgan fingerprint density at radius 2 is 2.20 bits per heavy atom. The van der Waals surface area contributed by atoms with Crippen LogP contribution in [0.15, 0.2) is 30.5 Å². The summed E-state index contributed by atoms with van der Waals surface area (Å²) in [6, 6.07) is 3.39. The molecule has 1 aliphatic rings. The summed E-state index contributed by atoms with van der Waals surface area (Å²) in [5, 5.41) is 10.8. The summed E-state index contributed by atoms with van der Waals surface area (Å²) in [7, 11) is 0. The summed E-state index contributed by atoms with van der Waals surface area (Å²) in [6.07, 6.45) is -5.66. The van der Waals surface area contributed by atoms with E-state index in [2.05, 4.69) is 9.72 Å². The minimum Gasteiger partial charge on any atom is -0.443 e. The number of nitro groups is 1. The number of hydrogen-bond donors (Lipinski definition) is 0. The summed E-state index contributed by atoms with van der Waals surface area (Å²) >= 11 is 0. The fourth-order valence-corrected chi connectivity index (χ4v) is 1.90. The van der Waals surface area contributed by atoms with E-state index in [4.69, 9.17) is 15.0 Å². The maximum atomic E-state index is 12.2. The molecule has 1 aromatic carbocycles. The van der Waals surface area contributed by atoms with E-state index in [0.717, 1.165) is 35.0 Å². The summed E-state index contributed by atoms with van der Waals surface area (Å²) in [5.74, 6) is -1.23. The van der Waals surface area contributed by atoms with Crippen molar-refractivity contribution in [2.45, 2.75) is 25.5 Å². The molecule has 1 atom stereocenters. The lowest BCUT2D eigenvalue weighted by Crippen LogP contribution is -2.32. The molecule has 0 saturated carbocycles. The molecule has 0 unspecified atom stereocenters. The van der Waals surface area contributed by atoms with Gasteiger partial charge in [-0.15, -0.1) is 13.2 Å². The molecule has 1 aliphatic heterocycles. The second-order valence-corrected chi connectivity index (χ2v) is 4.73. The second kappa shape index (κ2) is 6.59. The minimum absolute atomic E-state index is 0.203. The van der Waals surface area contributed by atoms with Crippen LogP contribution in [0.4, 0.5) is 19.0 Å². The summed E-state index contributed by atoms with van der Waals surface area (Å²) < 4.78 is 83.7. The number of alkyl halides is 3. The Balaban J connectivity index is 1.80. The predicted molar refractivity (Wildman–Crippen MR) is 76.1 cm³/mol. The van der Waals surface area contributed by atoms with Crippen molar-refractivity contribution in [2.24, 2.45) is 0 Å². The average Bonchev–Trinajstić information content (AvgIpc) is 3.03. The number of aromatic nitrogens is 2. The van der Waals surface area contributed by atoms with Crippen LogP contribution in [0, 0.1) is 10.1 Å². The summed E-state index contributed by atoms with van der Waals surface area (Å²) in [5.41, 5.74) is -0.203. The fourth-order valence-electron chi connectivity index (χ4n) is 1.90. The Morgan fingerprint density at radius 1 is 1.48 bits per heavy atom. The Labute approximate surface area is 144 Å². The largest absolute Gasteiger partial charge is 0.573 e. The molecule has 0 bridgehead atoms. The highest BCUT2D eigenvalue weighted by molar-refractivity contribution is 5.27. The second-order valence-electron chi connectivity index (χ2n) is 4.73. The van der Waals surface area contributed by atoms with Crippen molar-refractivity contribution < 1.29 is 37.8 Å². The van der Waals surface area contributed by atoms with Crippen LogP contribution < -0.4 is 9.47 Å². The molecule has 25 heavy (non-hydrogen) atoms. The molecule has 8 nitrogen and oxygen atoms in total. The van der Waals surface area contributed by atoms with Gasteiger partial charge in [0, 0.05) is 4.98 Å². The molecule has 0 aliphatic carbocycles. The van der Waals surface area contributed by atoms with Gasteiger partial charge < -0.3 is 24.3 Å². The number of hydrogen-bond acceptors (Lipinski definition) is 6. The number of fused-ring (bicyclic) bond motifs is 1. The third kappa shape index (κ3) is 4.38. The van der Waals surface area contributed by atoms with E-state index in [-0.39, 0.29) is 11.6 Å². The lowest BCUT2D eigenvalue weighted by atomic mass is 10.2. The third-order valence-corrected chi connectivity index (χ3v) is 2.90. The van der Waals surface area contributed by atoms with Crippen LogP contribution >= 0.6 is 0 Å². The van der Waals surface area contributed by atoms with Gasteiger partial charge in [0.25, 0.3) is 0 Å². The van der Waals surface area contributed by atoms with Gasteiger partial charge in [-0.25, -0.2) is 0 Å². The van der Waals surface area contributed by atoms with Crippen LogP contribution in [-0.2, 0) is 17.8 Å². The third-order valence-electron chi connectivity index (χ3n) is 2.90. The van der Waals surface area contributed by atoms with Gasteiger partial charge in [-0.3, -0.25) is 4.57 Å². The highest BCUT2D eigenvalue weighted by Crippen LogP contribution is 2.24. The normalized spacial score (nSPS) is 21.8. The maximum absolute atomic E-state index is 12.2. The molecule has 1 aromatic heterocycles. The molecule has 0 fully saturated rings. The van der Waals surface area contributed by atoms with E-state index in [1.54, 1.807) is 0 Å². The lowest BCUT2D eigenvalue weighted by molar-refractivity contribution is -0.389. The molecule has 0 saturated heterocycles. The summed E-state index contributed by atoms with van der Waals surface area (Å²) in [4.78, 5) is 13.5. The van der Waals surface area contributed by atoms with E-state index >= 15 is 0 Å². The number of ether oxygens (including phenoxy) is 3. The van der Waals surface area contributed by atoms with Crippen molar-refractivity contribution in [3.8, 4) is 11.8 Å². The standard InChI is InChI=1S/C14H12F3N3O5/c15-14(16,17)25-10-3-1-9(2-4-10)7-23-11-5-19-6-12(20(21)22)18-13(19)24-8-11/h1-4,6,11H,5,7-8H2/t11-/m0/s1/i5D2,7D2. The molecular weight excluding hydrogens is 347 g/mol. The molecule has 3 rings (SSSR count). The topological polar surface area (TPSA) is 88.6 Å². The van der Waals surface area contributed by atoms with Crippen molar-refractivity contribution >= 4 is 5.82 Å². The highest BCUT2D eigenvalue weighted by atomic mass is 19.4. The van der Waals surface area contributed by atoms with E-state index in [9.17, 15) is 23.3 Å². The molecule has 0 spiro atoms. The van der Waals surface area contributed by atoms with Crippen LogP contribution in [0.3, 0.4) is 0 Å². The Hall–Kier alpha value is -2.82. The number of imidazole rings is 1. The first-order chi connectivity index (χ1) is 13.3. The van der Waals surface area contributed by atoms with Gasteiger partial charge in [-0.05, 0) is 22.6 Å². The van der Waals surface area contributed by atoms with E-state index in [0.29, 0.717) is 0 Å². The maximum Gasteiger partial charge on any atom is 0.573 e. The zero-order valence-electron chi connectivity index (χ0n) is 16.2. The molecule has 2 aromatic rings. The van der Waals surface area contributed by atoms with Crippen molar-refractivity contribution in [3.05, 3.63) is 46.1 Å². The fraction of sp³-hybridized carbons (Fsp3) is 0.357. The Kier molecular flexibility index (Phi) is 3.30. The van der Waals surface area contributed by atoms with Gasteiger partial charge >= 0.3 is 18.2 Å². The Morgan fingerprint density at radius 3 is 2.84 bits per heavy atom. The molecule has 2 heterocycles. The number of rotatable bonds is 5. The van der Waals surface area contributed by atoms with E-state index < -0.39 is 48.6 Å². The summed E-state index contributed by atoms with van der Waals surface area (Å²) in [6.45, 7) is -5.58. The zero-order valence-corrected chi connectivity index (χ0v) is 12.2. The van der Waals surface area contributed by atoms with E-state index in [1.807, 2.05) is 0 Å². The molecular formula is C14H12F3N3O5. The van der Waals surface area contributed by atoms with Gasteiger partial charge in [0.1, 0.15) is 24.7 Å². The van der Waals surface area contributed by atoms with Crippen LogP contribution in [-0.4, -0.2) is 33.5 Å². The Bertz CT molecular complexity index is 920. The molecule has 11 heteroatoms. The van der Waals surface area contributed by atoms with Gasteiger partial charge in [0.2, 0.25) is 0 Å². The first-order valence-electron chi connectivity index (χ1n) is 8.71. The first kappa shape index (κ1) is 12.5.